The van der Waals surface area contributed by atoms with Crippen LogP contribution >= 0.6 is 11.8 Å². The van der Waals surface area contributed by atoms with Crippen molar-refractivity contribution in [3.63, 3.8) is 0 Å². The van der Waals surface area contributed by atoms with Gasteiger partial charge in [-0.05, 0) is 44.2 Å². The monoisotopic (exact) mass is 386 g/mol. The lowest BCUT2D eigenvalue weighted by Crippen LogP contribution is -2.50. The Morgan fingerprint density at radius 2 is 1.70 bits per heavy atom. The molecule has 0 aromatic heterocycles. The van der Waals surface area contributed by atoms with Gasteiger partial charge in [-0.3, -0.25) is 9.59 Å². The van der Waals surface area contributed by atoms with Crippen molar-refractivity contribution in [2.45, 2.75) is 24.0 Å². The number of anilines is 1. The van der Waals surface area contributed by atoms with E-state index in [1.807, 2.05) is 47.1 Å². The minimum Gasteiger partial charge on any atom is -0.366 e. The molecule has 2 aromatic carbocycles. The Morgan fingerprint density at radius 1 is 1.04 bits per heavy atom. The van der Waals surface area contributed by atoms with Crippen molar-refractivity contribution in [2.75, 3.05) is 31.1 Å². The normalized spacial score (nSPS) is 15.5. The number of Topliss-reactive ketones (excluding diaryl/α,β-unsaturated/α-hetero) is 1. The van der Waals surface area contributed by atoms with Crippen molar-refractivity contribution >= 4 is 29.1 Å². The van der Waals surface area contributed by atoms with Gasteiger partial charge >= 0.3 is 0 Å². The first-order valence-corrected chi connectivity index (χ1v) is 9.89. The molecule has 1 unspecified atom stereocenters. The number of nitrogens with zero attached hydrogens (tertiary/aromatic N) is 2. The van der Waals surface area contributed by atoms with E-state index in [1.54, 1.807) is 23.9 Å². The maximum Gasteiger partial charge on any atom is 0.235 e. The Balaban J connectivity index is 1.58. The van der Waals surface area contributed by atoms with Gasteiger partial charge in [0, 0.05) is 36.6 Å². The van der Waals surface area contributed by atoms with Crippen LogP contribution in [-0.2, 0) is 4.79 Å². The maximum atomic E-state index is 14.3. The van der Waals surface area contributed by atoms with Crippen molar-refractivity contribution in [3.8, 4) is 0 Å². The SMILES string of the molecule is CC(=O)c1ccc(N2CCN(C(=O)C(C)Sc3ccccc3)CC2)c(F)c1. The lowest BCUT2D eigenvalue weighted by atomic mass is 10.1. The molecule has 0 radical (unpaired) electrons. The first-order valence-electron chi connectivity index (χ1n) is 9.01. The molecular formula is C21H23FN2O2S. The van der Waals surface area contributed by atoms with Crippen LogP contribution in [0.25, 0.3) is 0 Å². The minimum atomic E-state index is -0.393. The molecule has 0 N–H and O–H groups in total. The first kappa shape index (κ1) is 19.4. The highest BCUT2D eigenvalue weighted by Crippen LogP contribution is 2.26. The van der Waals surface area contributed by atoms with Crippen LogP contribution in [0.3, 0.4) is 0 Å². The van der Waals surface area contributed by atoms with E-state index in [0.717, 1.165) is 4.90 Å². The van der Waals surface area contributed by atoms with E-state index in [9.17, 15) is 14.0 Å². The smallest absolute Gasteiger partial charge is 0.235 e. The van der Waals surface area contributed by atoms with Crippen molar-refractivity contribution in [3.05, 3.63) is 59.9 Å². The fraction of sp³-hybridized carbons (Fsp3) is 0.333. The lowest BCUT2D eigenvalue weighted by Gasteiger charge is -2.37. The number of hydrogen-bond donors (Lipinski definition) is 0. The van der Waals surface area contributed by atoms with Gasteiger partial charge in [0.1, 0.15) is 5.82 Å². The van der Waals surface area contributed by atoms with E-state index in [0.29, 0.717) is 37.4 Å². The molecule has 0 bridgehead atoms. The highest BCUT2D eigenvalue weighted by atomic mass is 32.2. The number of rotatable bonds is 5. The summed E-state index contributed by atoms with van der Waals surface area (Å²) >= 11 is 1.55. The number of ketones is 1. The summed E-state index contributed by atoms with van der Waals surface area (Å²) in [5.41, 5.74) is 0.857. The van der Waals surface area contributed by atoms with Crippen molar-refractivity contribution in [2.24, 2.45) is 0 Å². The molecule has 1 fully saturated rings. The molecule has 4 nitrogen and oxygen atoms in total. The van der Waals surface area contributed by atoms with Crippen LogP contribution in [0.5, 0.6) is 0 Å². The summed E-state index contributed by atoms with van der Waals surface area (Å²) in [6.07, 6.45) is 0. The van der Waals surface area contributed by atoms with E-state index in [-0.39, 0.29) is 16.9 Å². The molecule has 6 heteroatoms. The number of benzene rings is 2. The number of carbonyl (C=O) groups is 2. The topological polar surface area (TPSA) is 40.6 Å². The van der Waals surface area contributed by atoms with E-state index >= 15 is 0 Å². The van der Waals surface area contributed by atoms with Crippen LogP contribution in [0, 0.1) is 5.82 Å². The molecule has 0 spiro atoms. The molecule has 1 amide bonds. The molecule has 1 aliphatic rings. The minimum absolute atomic E-state index is 0.107. The van der Waals surface area contributed by atoms with Crippen molar-refractivity contribution in [1.82, 2.24) is 4.90 Å². The Hall–Kier alpha value is -2.34. The summed E-state index contributed by atoms with van der Waals surface area (Å²) in [7, 11) is 0. The fourth-order valence-corrected chi connectivity index (χ4v) is 4.13. The van der Waals surface area contributed by atoms with Crippen LogP contribution < -0.4 is 4.90 Å². The van der Waals surface area contributed by atoms with Gasteiger partial charge in [-0.1, -0.05) is 18.2 Å². The zero-order valence-electron chi connectivity index (χ0n) is 15.5. The van der Waals surface area contributed by atoms with Crippen LogP contribution in [0.15, 0.2) is 53.4 Å². The third kappa shape index (κ3) is 4.69. The number of hydrogen-bond acceptors (Lipinski definition) is 4. The predicted molar refractivity (Wildman–Crippen MR) is 107 cm³/mol. The quantitative estimate of drug-likeness (QED) is 0.578. The summed E-state index contributed by atoms with van der Waals surface area (Å²) in [5.74, 6) is -0.438. The predicted octanol–water partition coefficient (Wildman–Crippen LogP) is 3.86. The van der Waals surface area contributed by atoms with Crippen LogP contribution in [0.2, 0.25) is 0 Å². The first-order chi connectivity index (χ1) is 13.0. The number of amides is 1. The summed E-state index contributed by atoms with van der Waals surface area (Å²) < 4.78 is 14.3. The van der Waals surface area contributed by atoms with Crippen LogP contribution in [0.4, 0.5) is 10.1 Å². The molecule has 1 heterocycles. The van der Waals surface area contributed by atoms with Crippen molar-refractivity contribution in [1.29, 1.82) is 0 Å². The molecular weight excluding hydrogens is 363 g/mol. The highest BCUT2D eigenvalue weighted by molar-refractivity contribution is 8.00. The van der Waals surface area contributed by atoms with Gasteiger partial charge < -0.3 is 9.80 Å². The van der Waals surface area contributed by atoms with E-state index in [4.69, 9.17) is 0 Å². The molecule has 142 valence electrons. The summed E-state index contributed by atoms with van der Waals surface area (Å²) in [5, 5.41) is -0.162. The Kier molecular flexibility index (Phi) is 6.16. The number of thioether (sulfide) groups is 1. The Morgan fingerprint density at radius 3 is 2.30 bits per heavy atom. The standard InChI is InChI=1S/C21H23FN2O2S/c1-15(25)17-8-9-20(19(22)14-17)23-10-12-24(13-11-23)21(26)16(2)27-18-6-4-3-5-7-18/h3-9,14,16H,10-13H2,1-2H3. The molecule has 2 aromatic rings. The Labute approximate surface area is 163 Å². The summed E-state index contributed by atoms with van der Waals surface area (Å²) in [6, 6.07) is 14.5. The zero-order chi connectivity index (χ0) is 19.4. The zero-order valence-corrected chi connectivity index (χ0v) is 16.3. The van der Waals surface area contributed by atoms with E-state index in [2.05, 4.69) is 0 Å². The number of halogens is 1. The Bertz CT molecular complexity index is 820. The average Bonchev–Trinajstić information content (AvgIpc) is 2.68. The van der Waals surface area contributed by atoms with Gasteiger partial charge in [-0.2, -0.15) is 0 Å². The summed E-state index contributed by atoms with van der Waals surface area (Å²) in [6.45, 7) is 5.62. The third-order valence-electron chi connectivity index (χ3n) is 4.69. The number of piperazine rings is 1. The van der Waals surface area contributed by atoms with Crippen LogP contribution in [-0.4, -0.2) is 48.0 Å². The van der Waals surface area contributed by atoms with Crippen molar-refractivity contribution < 1.29 is 14.0 Å². The molecule has 27 heavy (non-hydrogen) atoms. The number of carbonyl (C=O) groups excluding carboxylic acids is 2. The van der Waals surface area contributed by atoms with Gasteiger partial charge in [0.15, 0.2) is 5.78 Å². The molecule has 1 saturated heterocycles. The molecule has 0 saturated carbocycles. The highest BCUT2D eigenvalue weighted by Gasteiger charge is 2.26. The second kappa shape index (κ2) is 8.57. The maximum absolute atomic E-state index is 14.3. The molecule has 1 aliphatic heterocycles. The molecule has 1 atom stereocenters. The third-order valence-corrected chi connectivity index (χ3v) is 5.79. The van der Waals surface area contributed by atoms with Gasteiger partial charge in [0.05, 0.1) is 10.9 Å². The summed E-state index contributed by atoms with van der Waals surface area (Å²) in [4.78, 5) is 28.9. The lowest BCUT2D eigenvalue weighted by molar-refractivity contribution is -0.130. The molecule has 3 rings (SSSR count). The second-order valence-electron chi connectivity index (χ2n) is 6.61. The van der Waals surface area contributed by atoms with Gasteiger partial charge in [-0.15, -0.1) is 11.8 Å². The largest absolute Gasteiger partial charge is 0.366 e. The average molecular weight is 386 g/mol. The molecule has 0 aliphatic carbocycles. The van der Waals surface area contributed by atoms with Gasteiger partial charge in [0.2, 0.25) is 5.91 Å². The van der Waals surface area contributed by atoms with E-state index < -0.39 is 5.82 Å². The second-order valence-corrected chi connectivity index (χ2v) is 8.02. The van der Waals surface area contributed by atoms with Gasteiger partial charge in [0.25, 0.3) is 0 Å². The van der Waals surface area contributed by atoms with E-state index in [1.165, 1.54) is 13.0 Å². The fourth-order valence-electron chi connectivity index (χ4n) is 3.16. The van der Waals surface area contributed by atoms with Crippen LogP contribution in [0.1, 0.15) is 24.2 Å². The van der Waals surface area contributed by atoms with Gasteiger partial charge in [-0.25, -0.2) is 4.39 Å².